The molecule has 0 aliphatic carbocycles. The van der Waals surface area contributed by atoms with Gasteiger partial charge in [0.05, 0.1) is 10.8 Å². The molecule has 0 spiro atoms. The Morgan fingerprint density at radius 2 is 2.16 bits per heavy atom. The highest BCUT2D eigenvalue weighted by Gasteiger charge is 2.25. The number of carbonyl (C=O) groups excluding carboxylic acids is 1. The van der Waals surface area contributed by atoms with Gasteiger partial charge in [0.25, 0.3) is 0 Å². The van der Waals surface area contributed by atoms with Crippen molar-refractivity contribution < 1.29 is 4.79 Å². The summed E-state index contributed by atoms with van der Waals surface area (Å²) in [5.41, 5.74) is 3.22. The van der Waals surface area contributed by atoms with Crippen molar-refractivity contribution in [2.24, 2.45) is 5.92 Å². The minimum atomic E-state index is -0.322. The Morgan fingerprint density at radius 3 is 2.76 bits per heavy atom. The predicted molar refractivity (Wildman–Crippen MR) is 99.0 cm³/mol. The van der Waals surface area contributed by atoms with Gasteiger partial charge in [-0.05, 0) is 43.0 Å². The molecule has 0 aliphatic heterocycles. The molecule has 2 heterocycles. The summed E-state index contributed by atoms with van der Waals surface area (Å²) in [5.74, 6) is 0.0433. The van der Waals surface area contributed by atoms with Crippen molar-refractivity contribution in [1.29, 1.82) is 5.26 Å². The Labute approximate surface area is 152 Å². The van der Waals surface area contributed by atoms with Gasteiger partial charge in [-0.25, -0.2) is 4.98 Å². The predicted octanol–water partition coefficient (Wildman–Crippen LogP) is 3.40. The fourth-order valence-electron chi connectivity index (χ4n) is 2.43. The van der Waals surface area contributed by atoms with E-state index in [1.165, 1.54) is 11.8 Å². The molecule has 1 N–H and O–H groups in total. The lowest BCUT2D eigenvalue weighted by Gasteiger charge is -2.20. The Morgan fingerprint density at radius 1 is 1.40 bits per heavy atom. The molecule has 1 atom stereocenters. The second kappa shape index (κ2) is 8.63. The number of rotatable bonds is 6. The fourth-order valence-corrected chi connectivity index (χ4v) is 3.65. The number of aromatic nitrogens is 2. The first-order chi connectivity index (χ1) is 11.9. The van der Waals surface area contributed by atoms with Crippen LogP contribution >= 0.6 is 11.8 Å². The number of hydrogen-bond donors (Lipinski definition) is 1. The van der Waals surface area contributed by atoms with Crippen LogP contribution in [0.4, 0.5) is 0 Å². The molecule has 2 aromatic heterocycles. The quantitative estimate of drug-likeness (QED) is 0.804. The summed E-state index contributed by atoms with van der Waals surface area (Å²) in [7, 11) is 0. The Balaban J connectivity index is 2.16. The normalized spacial score (nSPS) is 11.8. The van der Waals surface area contributed by atoms with Crippen LogP contribution in [0, 0.1) is 31.1 Å². The number of hydrogen-bond acceptors (Lipinski definition) is 5. The van der Waals surface area contributed by atoms with Gasteiger partial charge in [-0.3, -0.25) is 9.78 Å². The van der Waals surface area contributed by atoms with E-state index in [9.17, 15) is 10.1 Å². The third kappa shape index (κ3) is 5.04. The topological polar surface area (TPSA) is 78.7 Å². The van der Waals surface area contributed by atoms with Gasteiger partial charge in [0.15, 0.2) is 0 Å². The lowest BCUT2D eigenvalue weighted by atomic mass is 10.1. The Hall–Kier alpha value is -2.39. The zero-order valence-electron chi connectivity index (χ0n) is 14.9. The van der Waals surface area contributed by atoms with E-state index in [-0.39, 0.29) is 17.1 Å². The molecule has 0 bridgehead atoms. The molecule has 0 unspecified atom stereocenters. The average Bonchev–Trinajstić information content (AvgIpc) is 2.57. The van der Waals surface area contributed by atoms with E-state index in [1.54, 1.807) is 12.4 Å². The monoisotopic (exact) mass is 354 g/mol. The summed E-state index contributed by atoms with van der Waals surface area (Å²) < 4.78 is 0. The van der Waals surface area contributed by atoms with Crippen LogP contribution in [0.15, 0.2) is 35.6 Å². The zero-order chi connectivity index (χ0) is 18.4. The van der Waals surface area contributed by atoms with Crippen molar-refractivity contribution in [2.45, 2.75) is 44.5 Å². The highest BCUT2D eigenvalue weighted by molar-refractivity contribution is 8.00. The van der Waals surface area contributed by atoms with E-state index in [2.05, 4.69) is 21.4 Å². The Kier molecular flexibility index (Phi) is 6.54. The smallest absolute Gasteiger partial charge is 0.234 e. The van der Waals surface area contributed by atoms with Gasteiger partial charge in [0.1, 0.15) is 11.1 Å². The van der Waals surface area contributed by atoms with Gasteiger partial charge in [0, 0.05) is 24.6 Å². The first-order valence-corrected chi connectivity index (χ1v) is 9.02. The van der Waals surface area contributed by atoms with Crippen LogP contribution in [0.2, 0.25) is 0 Å². The van der Waals surface area contributed by atoms with Gasteiger partial charge >= 0.3 is 0 Å². The number of nitrogens with one attached hydrogen (secondary N) is 1. The summed E-state index contributed by atoms with van der Waals surface area (Å²) in [4.78, 5) is 21.2. The fraction of sp³-hybridized carbons (Fsp3) is 0.368. The van der Waals surface area contributed by atoms with Crippen LogP contribution in [0.3, 0.4) is 0 Å². The molecule has 5 nitrogen and oxygen atoms in total. The number of pyridine rings is 2. The van der Waals surface area contributed by atoms with Crippen molar-refractivity contribution in [1.82, 2.24) is 15.3 Å². The van der Waals surface area contributed by atoms with E-state index in [0.29, 0.717) is 17.1 Å². The average molecular weight is 354 g/mol. The molecule has 1 amide bonds. The second-order valence-corrected chi connectivity index (χ2v) is 7.36. The van der Waals surface area contributed by atoms with Crippen molar-refractivity contribution in [3.63, 3.8) is 0 Å². The lowest BCUT2D eigenvalue weighted by Crippen LogP contribution is -2.35. The summed E-state index contributed by atoms with van der Waals surface area (Å²) in [6, 6.07) is 7.86. The summed E-state index contributed by atoms with van der Waals surface area (Å²) >= 11 is 1.36. The maximum atomic E-state index is 12.7. The van der Waals surface area contributed by atoms with Gasteiger partial charge < -0.3 is 5.32 Å². The summed E-state index contributed by atoms with van der Waals surface area (Å²) in [6.45, 7) is 8.21. The third-order valence-corrected chi connectivity index (χ3v) is 5.25. The highest BCUT2D eigenvalue weighted by Crippen LogP contribution is 2.31. The molecular weight excluding hydrogens is 332 g/mol. The molecular formula is C19H22N4OS. The van der Waals surface area contributed by atoms with Crippen molar-refractivity contribution in [3.8, 4) is 6.07 Å². The van der Waals surface area contributed by atoms with E-state index >= 15 is 0 Å². The molecule has 0 saturated carbocycles. The van der Waals surface area contributed by atoms with Crippen molar-refractivity contribution in [2.75, 3.05) is 0 Å². The van der Waals surface area contributed by atoms with Crippen molar-refractivity contribution >= 4 is 17.7 Å². The van der Waals surface area contributed by atoms with E-state index in [4.69, 9.17) is 0 Å². The number of nitriles is 1. The lowest BCUT2D eigenvalue weighted by molar-refractivity contribution is -0.121. The molecule has 0 fully saturated rings. The molecule has 2 rings (SSSR count). The highest BCUT2D eigenvalue weighted by atomic mass is 32.2. The van der Waals surface area contributed by atoms with Crippen LogP contribution in [-0.4, -0.2) is 21.1 Å². The van der Waals surface area contributed by atoms with E-state index in [0.717, 1.165) is 16.8 Å². The molecule has 0 saturated heterocycles. The SMILES string of the molecule is Cc1cc(C)c(C#N)c(S[C@@H](C(=O)NCc2cccnc2)C(C)C)n1. The molecule has 0 radical (unpaired) electrons. The minimum absolute atomic E-state index is 0.0614. The largest absolute Gasteiger partial charge is 0.351 e. The number of nitrogens with zero attached hydrogens (tertiary/aromatic N) is 3. The van der Waals surface area contributed by atoms with Crippen molar-refractivity contribution in [3.05, 3.63) is 53.0 Å². The van der Waals surface area contributed by atoms with Gasteiger partial charge in [0.2, 0.25) is 5.91 Å². The van der Waals surface area contributed by atoms with Gasteiger partial charge in [-0.1, -0.05) is 31.7 Å². The zero-order valence-corrected chi connectivity index (χ0v) is 15.7. The van der Waals surface area contributed by atoms with Gasteiger partial charge in [-0.2, -0.15) is 5.26 Å². The molecule has 130 valence electrons. The van der Waals surface area contributed by atoms with Crippen LogP contribution in [0.1, 0.15) is 36.2 Å². The number of amides is 1. The maximum Gasteiger partial charge on any atom is 0.234 e. The van der Waals surface area contributed by atoms with Crippen LogP contribution in [0.5, 0.6) is 0 Å². The van der Waals surface area contributed by atoms with Crippen LogP contribution in [0.25, 0.3) is 0 Å². The van der Waals surface area contributed by atoms with Gasteiger partial charge in [-0.15, -0.1) is 0 Å². The first-order valence-electron chi connectivity index (χ1n) is 8.14. The molecule has 6 heteroatoms. The summed E-state index contributed by atoms with van der Waals surface area (Å²) in [6.07, 6.45) is 3.43. The molecule has 0 aromatic carbocycles. The third-order valence-electron chi connectivity index (χ3n) is 3.72. The second-order valence-electron chi connectivity index (χ2n) is 6.23. The number of thioether (sulfide) groups is 1. The number of aryl methyl sites for hydroxylation is 2. The maximum absolute atomic E-state index is 12.7. The minimum Gasteiger partial charge on any atom is -0.351 e. The van der Waals surface area contributed by atoms with Crippen LogP contribution in [-0.2, 0) is 11.3 Å². The van der Waals surface area contributed by atoms with Crippen LogP contribution < -0.4 is 5.32 Å². The van der Waals surface area contributed by atoms with E-state index in [1.807, 2.05) is 45.9 Å². The first kappa shape index (κ1) is 18.9. The Bertz CT molecular complexity index is 784. The van der Waals surface area contributed by atoms with E-state index < -0.39 is 0 Å². The molecule has 25 heavy (non-hydrogen) atoms. The standard InChI is InChI=1S/C19H22N4OS/c1-12(2)17(18(24)22-11-15-6-5-7-21-10-15)25-19-16(9-20)13(3)8-14(4)23-19/h5-8,10,12,17H,11H2,1-4H3,(H,22,24)/t17-/m1/s1. The molecule has 2 aromatic rings. The summed E-state index contributed by atoms with van der Waals surface area (Å²) in [5, 5.41) is 12.7. The molecule has 0 aliphatic rings. The number of carbonyl (C=O) groups is 1.